The quantitative estimate of drug-likeness (QED) is 0.196. The number of pyridine rings is 1. The van der Waals surface area contributed by atoms with Crippen LogP contribution in [0.2, 0.25) is 5.02 Å². The molecule has 2 heterocycles. The normalized spacial score (nSPS) is 11.0. The first-order chi connectivity index (χ1) is 14.7. The molecule has 0 N–H and O–H groups in total. The first-order valence-electron chi connectivity index (χ1n) is 10.5. The van der Waals surface area contributed by atoms with Gasteiger partial charge < -0.3 is 4.57 Å². The monoisotopic (exact) mass is 441 g/mol. The molecule has 0 saturated heterocycles. The minimum atomic E-state index is -0.177. The van der Waals surface area contributed by atoms with Gasteiger partial charge in [0.2, 0.25) is 0 Å². The molecule has 4 nitrogen and oxygen atoms in total. The molecule has 0 spiro atoms. The molecule has 0 radical (unpaired) electrons. The van der Waals surface area contributed by atoms with Crippen molar-refractivity contribution in [1.82, 2.24) is 14.5 Å². The van der Waals surface area contributed by atoms with Crippen molar-refractivity contribution in [3.8, 4) is 0 Å². The predicted octanol–water partition coefficient (Wildman–Crippen LogP) is 6.02. The van der Waals surface area contributed by atoms with Crippen LogP contribution in [0.25, 0.3) is 0 Å². The van der Waals surface area contributed by atoms with E-state index in [2.05, 4.69) is 22.1 Å². The Morgan fingerprint density at radius 1 is 0.833 bits per heavy atom. The number of halogens is 1. The summed E-state index contributed by atoms with van der Waals surface area (Å²) < 4.78 is 2.04. The van der Waals surface area contributed by atoms with Gasteiger partial charge in [0.15, 0.2) is 5.16 Å². The number of thioether (sulfide) groups is 1. The van der Waals surface area contributed by atoms with E-state index in [0.717, 1.165) is 34.3 Å². The molecule has 0 fully saturated rings. The summed E-state index contributed by atoms with van der Waals surface area (Å²) in [5, 5.41) is 1.60. The highest BCUT2D eigenvalue weighted by Gasteiger charge is 2.05. The number of unbranched alkanes of at least 4 members (excludes halogenated alkanes) is 5. The summed E-state index contributed by atoms with van der Waals surface area (Å²) in [7, 11) is 0. The maximum Gasteiger partial charge on any atom is 0.273 e. The molecular formula is C24H28ClN3OS. The van der Waals surface area contributed by atoms with Crippen LogP contribution in [0.3, 0.4) is 0 Å². The Kier molecular flexibility index (Phi) is 9.45. The average Bonchev–Trinajstić information content (AvgIpc) is 2.76. The zero-order chi connectivity index (χ0) is 21.0. The summed E-state index contributed by atoms with van der Waals surface area (Å²) in [5.74, 6) is 0.984. The van der Waals surface area contributed by atoms with E-state index in [9.17, 15) is 4.79 Å². The van der Waals surface area contributed by atoms with E-state index in [4.69, 9.17) is 11.6 Å². The van der Waals surface area contributed by atoms with E-state index in [0.29, 0.717) is 6.54 Å². The van der Waals surface area contributed by atoms with Crippen molar-refractivity contribution in [2.75, 3.05) is 5.75 Å². The molecule has 6 heteroatoms. The summed E-state index contributed by atoms with van der Waals surface area (Å²) in [6, 6.07) is 13.7. The highest BCUT2D eigenvalue weighted by Crippen LogP contribution is 2.18. The molecule has 3 aromatic rings. The minimum absolute atomic E-state index is 0.177. The Balaban J connectivity index is 1.32. The van der Waals surface area contributed by atoms with Gasteiger partial charge in [-0.15, -0.1) is 0 Å². The fourth-order valence-electron chi connectivity index (χ4n) is 3.29. The van der Waals surface area contributed by atoms with E-state index in [1.54, 1.807) is 24.2 Å². The van der Waals surface area contributed by atoms with Crippen molar-refractivity contribution in [2.45, 2.75) is 56.6 Å². The molecular weight excluding hydrogens is 414 g/mol. The second-order valence-electron chi connectivity index (χ2n) is 7.38. The van der Waals surface area contributed by atoms with Gasteiger partial charge in [-0.2, -0.15) is 4.98 Å². The molecule has 0 bridgehead atoms. The van der Waals surface area contributed by atoms with Crippen molar-refractivity contribution in [3.63, 3.8) is 0 Å². The molecule has 0 atom stereocenters. The highest BCUT2D eigenvalue weighted by molar-refractivity contribution is 7.99. The van der Waals surface area contributed by atoms with E-state index >= 15 is 0 Å². The second kappa shape index (κ2) is 12.6. The Hall–Kier alpha value is -2.11. The van der Waals surface area contributed by atoms with Crippen LogP contribution in [0.4, 0.5) is 0 Å². The zero-order valence-electron chi connectivity index (χ0n) is 17.2. The number of hydrogen-bond donors (Lipinski definition) is 0. The van der Waals surface area contributed by atoms with Gasteiger partial charge >= 0.3 is 0 Å². The van der Waals surface area contributed by atoms with Crippen molar-refractivity contribution >= 4 is 23.4 Å². The average molecular weight is 442 g/mol. The van der Waals surface area contributed by atoms with Gasteiger partial charge in [0.05, 0.1) is 0 Å². The van der Waals surface area contributed by atoms with Gasteiger partial charge in [0.1, 0.15) is 0 Å². The number of nitrogens with zero attached hydrogens (tertiary/aromatic N) is 3. The molecule has 0 aliphatic heterocycles. The summed E-state index contributed by atoms with van der Waals surface area (Å²) in [5.41, 5.74) is 2.34. The number of hydrogen-bond acceptors (Lipinski definition) is 4. The fourth-order valence-corrected chi connectivity index (χ4v) is 4.39. The van der Waals surface area contributed by atoms with E-state index < -0.39 is 0 Å². The van der Waals surface area contributed by atoms with Gasteiger partial charge in [0, 0.05) is 42.0 Å². The van der Waals surface area contributed by atoms with Crippen LogP contribution in [-0.4, -0.2) is 20.3 Å². The van der Waals surface area contributed by atoms with Crippen LogP contribution in [0, 0.1) is 0 Å². The Morgan fingerprint density at radius 3 is 2.30 bits per heavy atom. The molecule has 1 aromatic carbocycles. The maximum absolute atomic E-state index is 11.7. The van der Waals surface area contributed by atoms with E-state index in [-0.39, 0.29) is 5.56 Å². The second-order valence-corrected chi connectivity index (χ2v) is 8.88. The van der Waals surface area contributed by atoms with Gasteiger partial charge in [0.25, 0.3) is 5.56 Å². The topological polar surface area (TPSA) is 47.8 Å². The van der Waals surface area contributed by atoms with Crippen LogP contribution in [0.1, 0.15) is 49.7 Å². The van der Waals surface area contributed by atoms with Crippen LogP contribution >= 0.6 is 23.4 Å². The van der Waals surface area contributed by atoms with Crippen molar-refractivity contribution < 1.29 is 0 Å². The standard InChI is InChI=1S/C24H28ClN3OS/c25-22-10-8-20(9-11-22)7-5-3-1-2-4-6-18-30-24-27-23(29)14-17-28(24)19-21-12-15-26-16-13-21/h8-17H,1-7,18-19H2. The summed E-state index contributed by atoms with van der Waals surface area (Å²) in [6.45, 7) is 0.700. The zero-order valence-corrected chi connectivity index (χ0v) is 18.7. The molecule has 0 aliphatic carbocycles. The summed E-state index contributed by atoms with van der Waals surface area (Å²) >= 11 is 7.60. The van der Waals surface area contributed by atoms with E-state index in [1.807, 2.05) is 35.0 Å². The molecule has 0 aliphatic rings. The molecule has 3 rings (SSSR count). The highest BCUT2D eigenvalue weighted by atomic mass is 35.5. The molecule has 2 aromatic heterocycles. The Bertz CT molecular complexity index is 945. The van der Waals surface area contributed by atoms with Gasteiger partial charge in [-0.1, -0.05) is 61.2 Å². The largest absolute Gasteiger partial charge is 0.323 e. The third-order valence-electron chi connectivity index (χ3n) is 4.96. The lowest BCUT2D eigenvalue weighted by atomic mass is 10.1. The van der Waals surface area contributed by atoms with Crippen LogP contribution in [0.15, 0.2) is 71.0 Å². The summed E-state index contributed by atoms with van der Waals surface area (Å²) in [4.78, 5) is 20.0. The van der Waals surface area contributed by atoms with Gasteiger partial charge in [-0.25, -0.2) is 0 Å². The predicted molar refractivity (Wildman–Crippen MR) is 125 cm³/mol. The fraction of sp³-hybridized carbons (Fsp3) is 0.375. The molecule has 30 heavy (non-hydrogen) atoms. The summed E-state index contributed by atoms with van der Waals surface area (Å²) in [6.07, 6.45) is 13.9. The molecule has 158 valence electrons. The lowest BCUT2D eigenvalue weighted by Gasteiger charge is -2.11. The van der Waals surface area contributed by atoms with Gasteiger partial charge in [-0.05, 0) is 54.7 Å². The first kappa shape index (κ1) is 22.6. The number of rotatable bonds is 12. The lowest BCUT2D eigenvalue weighted by Crippen LogP contribution is -2.14. The Labute approximate surface area is 187 Å². The van der Waals surface area contributed by atoms with Crippen molar-refractivity contribution in [2.24, 2.45) is 0 Å². The third kappa shape index (κ3) is 7.96. The SMILES string of the molecule is O=c1ccn(Cc2ccncc2)c(SCCCCCCCCc2ccc(Cl)cc2)n1. The van der Waals surface area contributed by atoms with Crippen molar-refractivity contribution in [1.29, 1.82) is 0 Å². The van der Waals surface area contributed by atoms with Crippen molar-refractivity contribution in [3.05, 3.63) is 87.6 Å². The Morgan fingerprint density at radius 2 is 1.53 bits per heavy atom. The third-order valence-corrected chi connectivity index (χ3v) is 6.28. The number of aryl methyl sites for hydroxylation is 1. The van der Waals surface area contributed by atoms with E-state index in [1.165, 1.54) is 43.7 Å². The van der Waals surface area contributed by atoms with Crippen LogP contribution in [-0.2, 0) is 13.0 Å². The molecule has 0 saturated carbocycles. The van der Waals surface area contributed by atoms with Crippen LogP contribution < -0.4 is 5.56 Å². The lowest BCUT2D eigenvalue weighted by molar-refractivity contribution is 0.608. The maximum atomic E-state index is 11.7. The number of benzene rings is 1. The smallest absolute Gasteiger partial charge is 0.273 e. The van der Waals surface area contributed by atoms with Crippen LogP contribution in [0.5, 0.6) is 0 Å². The van der Waals surface area contributed by atoms with Gasteiger partial charge in [-0.3, -0.25) is 9.78 Å². The molecule has 0 amide bonds. The number of aromatic nitrogens is 3. The minimum Gasteiger partial charge on any atom is -0.323 e. The molecule has 0 unspecified atom stereocenters. The first-order valence-corrected chi connectivity index (χ1v) is 11.9.